The van der Waals surface area contributed by atoms with Gasteiger partial charge in [-0.3, -0.25) is 9.69 Å². The fourth-order valence-electron chi connectivity index (χ4n) is 4.32. The average molecular weight is 481 g/mol. The Labute approximate surface area is 205 Å². The number of anilines is 2. The summed E-state index contributed by atoms with van der Waals surface area (Å²) in [6.45, 7) is 3.83. The number of carbonyl (C=O) groups excluding carboxylic acids is 1. The van der Waals surface area contributed by atoms with Gasteiger partial charge < -0.3 is 15.1 Å². The molecule has 1 aliphatic rings. The molecule has 0 saturated carbocycles. The molecule has 0 radical (unpaired) electrons. The van der Waals surface area contributed by atoms with Crippen molar-refractivity contribution in [1.29, 1.82) is 0 Å². The minimum absolute atomic E-state index is 0.0368. The van der Waals surface area contributed by atoms with E-state index in [0.717, 1.165) is 43.1 Å². The van der Waals surface area contributed by atoms with Crippen LogP contribution in [-0.2, 0) is 0 Å². The zero-order valence-electron chi connectivity index (χ0n) is 19.5. The van der Waals surface area contributed by atoms with Crippen LogP contribution in [0.2, 0.25) is 5.02 Å². The molecular formula is C27H30ClFN4O. The van der Waals surface area contributed by atoms with Crippen LogP contribution in [0.15, 0.2) is 72.8 Å². The van der Waals surface area contributed by atoms with Crippen LogP contribution < -0.4 is 15.1 Å². The van der Waals surface area contributed by atoms with E-state index in [0.29, 0.717) is 17.1 Å². The van der Waals surface area contributed by atoms with Gasteiger partial charge in [0.15, 0.2) is 0 Å². The van der Waals surface area contributed by atoms with Crippen LogP contribution in [0.25, 0.3) is 0 Å². The Morgan fingerprint density at radius 3 is 2.29 bits per heavy atom. The SMILES string of the molecule is CN(C)c1ccc(C(CNC(=O)c2cccc(Cl)c2)N2CCN(c3ccc(F)cc3)CC2)cc1. The Morgan fingerprint density at radius 1 is 1.00 bits per heavy atom. The maximum absolute atomic E-state index is 13.3. The second-order valence-corrected chi connectivity index (χ2v) is 9.16. The van der Waals surface area contributed by atoms with Crippen LogP contribution in [-0.4, -0.2) is 57.6 Å². The maximum atomic E-state index is 13.3. The van der Waals surface area contributed by atoms with Gasteiger partial charge in [-0.05, 0) is 60.2 Å². The van der Waals surface area contributed by atoms with Crippen molar-refractivity contribution in [2.24, 2.45) is 0 Å². The quantitative estimate of drug-likeness (QED) is 0.525. The lowest BCUT2D eigenvalue weighted by molar-refractivity contribution is 0.0930. The molecule has 34 heavy (non-hydrogen) atoms. The third kappa shape index (κ3) is 5.88. The smallest absolute Gasteiger partial charge is 0.251 e. The number of benzene rings is 3. The highest BCUT2D eigenvalue weighted by molar-refractivity contribution is 6.30. The van der Waals surface area contributed by atoms with Crippen molar-refractivity contribution < 1.29 is 9.18 Å². The minimum Gasteiger partial charge on any atom is -0.378 e. The first kappa shape index (κ1) is 24.0. The number of hydrogen-bond acceptors (Lipinski definition) is 4. The van der Waals surface area contributed by atoms with Crippen molar-refractivity contribution in [3.63, 3.8) is 0 Å². The molecule has 5 nitrogen and oxygen atoms in total. The van der Waals surface area contributed by atoms with E-state index in [9.17, 15) is 9.18 Å². The number of hydrogen-bond donors (Lipinski definition) is 1. The molecule has 0 bridgehead atoms. The van der Waals surface area contributed by atoms with Crippen LogP contribution in [0.3, 0.4) is 0 Å². The third-order valence-electron chi connectivity index (χ3n) is 6.28. The van der Waals surface area contributed by atoms with Crippen LogP contribution in [0.4, 0.5) is 15.8 Å². The Hall–Kier alpha value is -3.09. The van der Waals surface area contributed by atoms with E-state index in [4.69, 9.17) is 11.6 Å². The summed E-state index contributed by atoms with van der Waals surface area (Å²) in [5.74, 6) is -0.360. The zero-order valence-corrected chi connectivity index (χ0v) is 20.3. The molecule has 1 N–H and O–H groups in total. The number of halogens is 2. The van der Waals surface area contributed by atoms with Gasteiger partial charge in [0, 0.05) is 68.8 Å². The number of piperazine rings is 1. The van der Waals surface area contributed by atoms with E-state index >= 15 is 0 Å². The van der Waals surface area contributed by atoms with E-state index in [-0.39, 0.29) is 17.8 Å². The number of nitrogens with one attached hydrogen (secondary N) is 1. The Morgan fingerprint density at radius 2 is 1.68 bits per heavy atom. The van der Waals surface area contributed by atoms with E-state index in [1.807, 2.05) is 26.2 Å². The van der Waals surface area contributed by atoms with Crippen LogP contribution in [0.5, 0.6) is 0 Å². The standard InChI is InChI=1S/C27H30ClFN4O/c1-31(2)24-10-6-20(7-11-24)26(19-30-27(34)21-4-3-5-22(28)18-21)33-16-14-32(15-17-33)25-12-8-23(29)9-13-25/h3-13,18,26H,14-17,19H2,1-2H3,(H,30,34). The molecule has 7 heteroatoms. The van der Waals surface area contributed by atoms with Crippen molar-refractivity contribution in [2.45, 2.75) is 6.04 Å². The minimum atomic E-state index is -0.223. The van der Waals surface area contributed by atoms with E-state index in [1.165, 1.54) is 12.1 Å². The number of rotatable bonds is 7. The second-order valence-electron chi connectivity index (χ2n) is 8.72. The Kier molecular flexibility index (Phi) is 7.70. The molecular weight excluding hydrogens is 451 g/mol. The van der Waals surface area contributed by atoms with Gasteiger partial charge in [-0.15, -0.1) is 0 Å². The molecule has 1 heterocycles. The molecule has 0 aliphatic carbocycles. The van der Waals surface area contributed by atoms with Gasteiger partial charge in [0.25, 0.3) is 5.91 Å². The summed E-state index contributed by atoms with van der Waals surface area (Å²) in [5.41, 5.74) is 3.87. The van der Waals surface area contributed by atoms with Gasteiger partial charge in [0.2, 0.25) is 0 Å². The van der Waals surface area contributed by atoms with Crippen molar-refractivity contribution in [3.05, 3.63) is 94.8 Å². The highest BCUT2D eigenvalue weighted by atomic mass is 35.5. The highest BCUT2D eigenvalue weighted by Gasteiger charge is 2.26. The average Bonchev–Trinajstić information content (AvgIpc) is 2.85. The fourth-order valence-corrected chi connectivity index (χ4v) is 4.51. The lowest BCUT2D eigenvalue weighted by atomic mass is 10.0. The van der Waals surface area contributed by atoms with Crippen molar-refractivity contribution in [1.82, 2.24) is 10.2 Å². The summed E-state index contributed by atoms with van der Waals surface area (Å²) in [6.07, 6.45) is 0. The zero-order chi connectivity index (χ0) is 24.1. The molecule has 1 saturated heterocycles. The van der Waals surface area contributed by atoms with Crippen molar-refractivity contribution in [3.8, 4) is 0 Å². The van der Waals surface area contributed by atoms with Gasteiger partial charge in [-0.1, -0.05) is 29.8 Å². The topological polar surface area (TPSA) is 38.8 Å². The first-order valence-electron chi connectivity index (χ1n) is 11.5. The summed E-state index contributed by atoms with van der Waals surface area (Å²) in [5, 5.41) is 3.65. The molecule has 1 amide bonds. The monoisotopic (exact) mass is 480 g/mol. The number of amides is 1. The highest BCUT2D eigenvalue weighted by Crippen LogP contribution is 2.26. The van der Waals surface area contributed by atoms with Crippen molar-refractivity contribution in [2.75, 3.05) is 56.6 Å². The molecule has 1 aliphatic heterocycles. The molecule has 0 spiro atoms. The van der Waals surface area contributed by atoms with Crippen LogP contribution in [0.1, 0.15) is 22.0 Å². The van der Waals surface area contributed by atoms with E-state index < -0.39 is 0 Å². The van der Waals surface area contributed by atoms with Crippen LogP contribution in [0, 0.1) is 5.82 Å². The third-order valence-corrected chi connectivity index (χ3v) is 6.52. The normalized spacial score (nSPS) is 15.1. The maximum Gasteiger partial charge on any atom is 0.251 e. The molecule has 3 aromatic carbocycles. The predicted molar refractivity (Wildman–Crippen MR) is 137 cm³/mol. The second kappa shape index (κ2) is 10.9. The summed E-state index contributed by atoms with van der Waals surface area (Å²) in [7, 11) is 4.04. The van der Waals surface area contributed by atoms with E-state index in [1.54, 1.807) is 24.3 Å². The molecule has 1 unspecified atom stereocenters. The molecule has 0 aromatic heterocycles. The van der Waals surface area contributed by atoms with Crippen molar-refractivity contribution >= 4 is 28.9 Å². The number of nitrogens with zero attached hydrogens (tertiary/aromatic N) is 3. The molecule has 3 aromatic rings. The lowest BCUT2D eigenvalue weighted by Gasteiger charge is -2.40. The first-order chi connectivity index (χ1) is 16.4. The largest absolute Gasteiger partial charge is 0.378 e. The Balaban J connectivity index is 1.48. The van der Waals surface area contributed by atoms with Gasteiger partial charge >= 0.3 is 0 Å². The summed E-state index contributed by atoms with van der Waals surface area (Å²) in [6, 6.07) is 22.2. The molecule has 4 rings (SSSR count). The summed E-state index contributed by atoms with van der Waals surface area (Å²) >= 11 is 6.06. The summed E-state index contributed by atoms with van der Waals surface area (Å²) < 4.78 is 13.3. The predicted octanol–water partition coefficient (Wildman–Crippen LogP) is 4.84. The van der Waals surface area contributed by atoms with Gasteiger partial charge in [0.05, 0.1) is 6.04 Å². The Bertz CT molecular complexity index is 1100. The first-order valence-corrected chi connectivity index (χ1v) is 11.8. The van der Waals surface area contributed by atoms with Crippen LogP contribution >= 0.6 is 11.6 Å². The molecule has 178 valence electrons. The van der Waals surface area contributed by atoms with Gasteiger partial charge in [-0.2, -0.15) is 0 Å². The molecule has 1 atom stereocenters. The fraction of sp³-hybridized carbons (Fsp3) is 0.296. The summed E-state index contributed by atoms with van der Waals surface area (Å²) in [4.78, 5) is 19.5. The lowest BCUT2D eigenvalue weighted by Crippen LogP contribution is -2.50. The van der Waals surface area contributed by atoms with Gasteiger partial charge in [-0.25, -0.2) is 4.39 Å². The molecule has 1 fully saturated rings. The van der Waals surface area contributed by atoms with Gasteiger partial charge in [0.1, 0.15) is 5.82 Å². The number of carbonyl (C=O) groups is 1. The van der Waals surface area contributed by atoms with E-state index in [2.05, 4.69) is 44.3 Å².